The Labute approximate surface area is 107 Å². The number of fused-ring (bicyclic) bond motifs is 1. The number of carbonyl (C=O) groups excluding carboxylic acids is 1. The van der Waals surface area contributed by atoms with Crippen molar-refractivity contribution in [2.24, 2.45) is 17.8 Å². The number of rotatable bonds is 3. The molecule has 1 amide bonds. The number of hydrogen-bond donors (Lipinski definition) is 1. The van der Waals surface area contributed by atoms with Crippen molar-refractivity contribution in [1.29, 1.82) is 0 Å². The van der Waals surface area contributed by atoms with Gasteiger partial charge in [0.1, 0.15) is 0 Å². The molecule has 0 aromatic rings. The second kappa shape index (κ2) is 4.16. The van der Waals surface area contributed by atoms with Gasteiger partial charge < -0.3 is 10.0 Å². The van der Waals surface area contributed by atoms with Crippen molar-refractivity contribution < 1.29 is 9.90 Å². The second-order valence-corrected chi connectivity index (χ2v) is 7.61. The Balaban J connectivity index is 1.67. The maximum Gasteiger partial charge on any atom is 0.232 e. The number of nitrogens with zero attached hydrogens (tertiary/aromatic N) is 1. The van der Waals surface area contributed by atoms with Crippen LogP contribution in [0.1, 0.15) is 26.7 Å². The Bertz CT molecular complexity index is 331. The molecule has 3 fully saturated rings. The van der Waals surface area contributed by atoms with Crippen LogP contribution < -0.4 is 0 Å². The number of thioether (sulfide) groups is 1. The molecule has 3 rings (SSSR count). The minimum Gasteiger partial charge on any atom is -0.391 e. The summed E-state index contributed by atoms with van der Waals surface area (Å²) in [5.41, 5.74) is 0. The molecule has 5 unspecified atom stereocenters. The van der Waals surface area contributed by atoms with Crippen molar-refractivity contribution in [2.45, 2.75) is 44.1 Å². The van der Waals surface area contributed by atoms with E-state index in [2.05, 4.69) is 13.8 Å². The zero-order chi connectivity index (χ0) is 12.2. The molecule has 2 saturated carbocycles. The smallest absolute Gasteiger partial charge is 0.232 e. The highest BCUT2D eigenvalue weighted by molar-refractivity contribution is 8.00. The minimum atomic E-state index is -0.244. The SMILES string of the molecule is CC(C)SCC(=O)N1CC2CC3CC2C1C3O. The molecule has 0 aromatic carbocycles. The topological polar surface area (TPSA) is 40.5 Å². The third-order valence-electron chi connectivity index (χ3n) is 4.71. The number of aliphatic hydroxyl groups is 1. The molecule has 0 radical (unpaired) electrons. The lowest BCUT2D eigenvalue weighted by atomic mass is 9.88. The van der Waals surface area contributed by atoms with E-state index in [4.69, 9.17) is 0 Å². The number of likely N-dealkylation sites (tertiary alicyclic amines) is 1. The lowest BCUT2D eigenvalue weighted by molar-refractivity contribution is -0.131. The standard InChI is InChI=1S/C13H21NO2S/c1-7(2)17-6-11(15)14-5-9-3-8-4-10(9)12(14)13(8)16/h7-10,12-13,16H,3-6H2,1-2H3. The average Bonchev–Trinajstić information content (AvgIpc) is 2.85. The highest BCUT2D eigenvalue weighted by Gasteiger charge is 2.59. The predicted molar refractivity (Wildman–Crippen MR) is 68.8 cm³/mol. The molecule has 96 valence electrons. The van der Waals surface area contributed by atoms with Crippen molar-refractivity contribution in [3.05, 3.63) is 0 Å². The molecular weight excluding hydrogens is 234 g/mol. The number of aliphatic hydroxyl groups excluding tert-OH is 1. The highest BCUT2D eigenvalue weighted by Crippen LogP contribution is 2.54. The van der Waals surface area contributed by atoms with Crippen molar-refractivity contribution in [1.82, 2.24) is 4.90 Å². The zero-order valence-corrected chi connectivity index (χ0v) is 11.3. The van der Waals surface area contributed by atoms with Gasteiger partial charge in [-0.15, -0.1) is 11.8 Å². The number of carbonyl (C=O) groups is 1. The third-order valence-corrected chi connectivity index (χ3v) is 5.79. The van der Waals surface area contributed by atoms with E-state index in [1.807, 2.05) is 4.90 Å². The monoisotopic (exact) mass is 255 g/mol. The van der Waals surface area contributed by atoms with Gasteiger partial charge in [-0.1, -0.05) is 13.8 Å². The Morgan fingerprint density at radius 3 is 2.82 bits per heavy atom. The Morgan fingerprint density at radius 1 is 1.41 bits per heavy atom. The summed E-state index contributed by atoms with van der Waals surface area (Å²) in [6.07, 6.45) is 2.05. The van der Waals surface area contributed by atoms with Gasteiger partial charge in [0, 0.05) is 6.54 Å². The summed E-state index contributed by atoms with van der Waals surface area (Å²) in [5, 5.41) is 10.7. The summed E-state index contributed by atoms with van der Waals surface area (Å²) in [6, 6.07) is 0.152. The average molecular weight is 255 g/mol. The molecule has 4 heteroatoms. The molecule has 17 heavy (non-hydrogen) atoms. The molecular formula is C13H21NO2S. The molecule has 5 atom stereocenters. The number of hydrogen-bond acceptors (Lipinski definition) is 3. The Hall–Kier alpha value is -0.220. The van der Waals surface area contributed by atoms with Gasteiger partial charge in [0.05, 0.1) is 17.9 Å². The van der Waals surface area contributed by atoms with Crippen LogP contribution in [-0.4, -0.2) is 45.6 Å². The van der Waals surface area contributed by atoms with E-state index in [0.717, 1.165) is 19.4 Å². The van der Waals surface area contributed by atoms with E-state index in [0.29, 0.717) is 28.8 Å². The van der Waals surface area contributed by atoms with Crippen LogP contribution in [0, 0.1) is 17.8 Å². The Kier molecular flexibility index (Phi) is 2.90. The zero-order valence-electron chi connectivity index (χ0n) is 10.5. The maximum atomic E-state index is 12.2. The summed E-state index contributed by atoms with van der Waals surface area (Å²) in [7, 11) is 0. The summed E-state index contributed by atoms with van der Waals surface area (Å²) in [5.74, 6) is 2.57. The quantitative estimate of drug-likeness (QED) is 0.828. The van der Waals surface area contributed by atoms with E-state index < -0.39 is 0 Å². The van der Waals surface area contributed by atoms with Gasteiger partial charge in [0.2, 0.25) is 5.91 Å². The van der Waals surface area contributed by atoms with Crippen molar-refractivity contribution in [3.8, 4) is 0 Å². The molecule has 3 nitrogen and oxygen atoms in total. The van der Waals surface area contributed by atoms with Crippen molar-refractivity contribution in [3.63, 3.8) is 0 Å². The summed E-state index contributed by atoms with van der Waals surface area (Å²) >= 11 is 1.70. The molecule has 0 spiro atoms. The molecule has 1 aliphatic heterocycles. The molecule has 1 saturated heterocycles. The van der Waals surface area contributed by atoms with Gasteiger partial charge in [-0.25, -0.2) is 0 Å². The van der Waals surface area contributed by atoms with Crippen LogP contribution in [0.2, 0.25) is 0 Å². The minimum absolute atomic E-state index is 0.152. The van der Waals surface area contributed by atoms with Crippen LogP contribution >= 0.6 is 11.8 Å². The van der Waals surface area contributed by atoms with Crippen LogP contribution in [0.5, 0.6) is 0 Å². The van der Waals surface area contributed by atoms with Gasteiger partial charge >= 0.3 is 0 Å². The normalized spacial score (nSPS) is 42.8. The maximum absolute atomic E-state index is 12.2. The van der Waals surface area contributed by atoms with Gasteiger partial charge in [-0.2, -0.15) is 0 Å². The van der Waals surface area contributed by atoms with Crippen LogP contribution in [0.3, 0.4) is 0 Å². The largest absolute Gasteiger partial charge is 0.391 e. The molecule has 3 aliphatic rings. The first kappa shape index (κ1) is 11.8. The summed E-state index contributed by atoms with van der Waals surface area (Å²) < 4.78 is 0. The first-order chi connectivity index (χ1) is 8.08. The third kappa shape index (κ3) is 1.80. The van der Waals surface area contributed by atoms with E-state index >= 15 is 0 Å². The fraction of sp³-hybridized carbons (Fsp3) is 0.923. The van der Waals surface area contributed by atoms with Crippen molar-refractivity contribution in [2.75, 3.05) is 12.3 Å². The van der Waals surface area contributed by atoms with Crippen LogP contribution in [-0.2, 0) is 4.79 Å². The van der Waals surface area contributed by atoms with Crippen LogP contribution in [0.25, 0.3) is 0 Å². The van der Waals surface area contributed by atoms with Gasteiger partial charge in [0.25, 0.3) is 0 Å². The van der Waals surface area contributed by atoms with Crippen LogP contribution in [0.15, 0.2) is 0 Å². The highest BCUT2D eigenvalue weighted by atomic mass is 32.2. The van der Waals surface area contributed by atoms with Crippen molar-refractivity contribution >= 4 is 17.7 Å². The molecule has 0 aromatic heterocycles. The van der Waals surface area contributed by atoms with Gasteiger partial charge in [-0.05, 0) is 35.8 Å². The van der Waals surface area contributed by atoms with E-state index in [1.165, 1.54) is 0 Å². The van der Waals surface area contributed by atoms with Gasteiger partial charge in [-0.3, -0.25) is 4.79 Å². The fourth-order valence-corrected chi connectivity index (χ4v) is 4.66. The summed E-state index contributed by atoms with van der Waals surface area (Å²) in [4.78, 5) is 14.2. The lowest BCUT2D eigenvalue weighted by Crippen LogP contribution is -2.44. The molecule has 2 aliphatic carbocycles. The predicted octanol–water partition coefficient (Wildman–Crippen LogP) is 1.36. The number of amides is 1. The molecule has 1 N–H and O–H groups in total. The summed E-state index contributed by atoms with van der Waals surface area (Å²) in [6.45, 7) is 5.14. The van der Waals surface area contributed by atoms with Gasteiger partial charge in [0.15, 0.2) is 0 Å². The Morgan fingerprint density at radius 2 is 2.18 bits per heavy atom. The van der Waals surface area contributed by atoms with E-state index in [1.54, 1.807) is 11.8 Å². The second-order valence-electron chi connectivity index (χ2n) is 6.04. The van der Waals surface area contributed by atoms with E-state index in [-0.39, 0.29) is 18.1 Å². The van der Waals surface area contributed by atoms with E-state index in [9.17, 15) is 9.90 Å². The van der Waals surface area contributed by atoms with Crippen LogP contribution in [0.4, 0.5) is 0 Å². The fourth-order valence-electron chi connectivity index (χ4n) is 4.02. The lowest BCUT2D eigenvalue weighted by Gasteiger charge is -2.29. The molecule has 2 bridgehead atoms. The first-order valence-corrected chi connectivity index (χ1v) is 7.72. The molecule has 1 heterocycles. The first-order valence-electron chi connectivity index (χ1n) is 6.67.